The van der Waals surface area contributed by atoms with E-state index in [2.05, 4.69) is 26.3 Å². The SMILES string of the molecule is CC(C)CC(NC(=O)C(Cc1ccccc1)NC(=O)CN)C(=O)NCC(=O)Nc1ccn([C@@H](C)OCCO)c(=O)n1. The van der Waals surface area contributed by atoms with Gasteiger partial charge in [0.2, 0.25) is 23.6 Å². The van der Waals surface area contributed by atoms with Crippen molar-refractivity contribution in [2.24, 2.45) is 11.7 Å². The summed E-state index contributed by atoms with van der Waals surface area (Å²) in [5.74, 6) is -2.32. The van der Waals surface area contributed by atoms with Crippen molar-refractivity contribution in [3.8, 4) is 0 Å². The van der Waals surface area contributed by atoms with Crippen LogP contribution in [-0.2, 0) is 30.3 Å². The molecule has 1 aromatic heterocycles. The molecule has 1 aromatic carbocycles. The second kappa shape index (κ2) is 16.8. The fraction of sp³-hybridized carbons (Fsp3) is 0.481. The number of rotatable bonds is 16. The molecule has 2 aromatic rings. The van der Waals surface area contributed by atoms with Crippen molar-refractivity contribution in [3.63, 3.8) is 0 Å². The van der Waals surface area contributed by atoms with E-state index in [1.54, 1.807) is 6.92 Å². The zero-order chi connectivity index (χ0) is 30.4. The fourth-order valence-electron chi connectivity index (χ4n) is 3.83. The molecule has 0 aliphatic rings. The van der Waals surface area contributed by atoms with Gasteiger partial charge >= 0.3 is 5.69 Å². The number of hydrogen-bond acceptors (Lipinski definition) is 9. The lowest BCUT2D eigenvalue weighted by molar-refractivity contribution is -0.132. The zero-order valence-electron chi connectivity index (χ0n) is 23.5. The number of nitrogens with two attached hydrogens (primary N) is 1. The Morgan fingerprint density at radius 3 is 2.32 bits per heavy atom. The summed E-state index contributed by atoms with van der Waals surface area (Å²) in [7, 11) is 0. The van der Waals surface area contributed by atoms with Gasteiger partial charge in [0, 0.05) is 12.6 Å². The summed E-state index contributed by atoms with van der Waals surface area (Å²) in [6.07, 6.45) is 1.18. The van der Waals surface area contributed by atoms with Gasteiger partial charge in [0.25, 0.3) is 0 Å². The van der Waals surface area contributed by atoms with Gasteiger partial charge in [-0.1, -0.05) is 44.2 Å². The molecule has 7 N–H and O–H groups in total. The van der Waals surface area contributed by atoms with Gasteiger partial charge in [-0.15, -0.1) is 0 Å². The highest BCUT2D eigenvalue weighted by Gasteiger charge is 2.27. The Hall–Kier alpha value is -4.14. The highest BCUT2D eigenvalue weighted by Crippen LogP contribution is 2.09. The van der Waals surface area contributed by atoms with E-state index < -0.39 is 54.2 Å². The third kappa shape index (κ3) is 11.5. The molecule has 2 unspecified atom stereocenters. The number of carbonyl (C=O) groups is 4. The van der Waals surface area contributed by atoms with Gasteiger partial charge in [-0.05, 0) is 30.9 Å². The number of amides is 4. The number of aromatic nitrogens is 2. The molecular formula is C27H39N7O7. The minimum absolute atomic E-state index is 0.0190. The van der Waals surface area contributed by atoms with E-state index >= 15 is 0 Å². The molecule has 3 atom stereocenters. The summed E-state index contributed by atoms with van der Waals surface area (Å²) >= 11 is 0. The monoisotopic (exact) mass is 573 g/mol. The molecule has 4 amide bonds. The van der Waals surface area contributed by atoms with Gasteiger partial charge in [-0.3, -0.25) is 23.7 Å². The Kier molecular flexibility index (Phi) is 13.6. The van der Waals surface area contributed by atoms with E-state index in [-0.39, 0.29) is 44.3 Å². The molecule has 1 heterocycles. The number of benzene rings is 1. The maximum Gasteiger partial charge on any atom is 0.351 e. The van der Waals surface area contributed by atoms with Crippen LogP contribution < -0.4 is 32.7 Å². The molecule has 224 valence electrons. The second-order valence-corrected chi connectivity index (χ2v) is 9.67. The van der Waals surface area contributed by atoms with Crippen molar-refractivity contribution in [1.82, 2.24) is 25.5 Å². The summed E-state index contributed by atoms with van der Waals surface area (Å²) in [5.41, 5.74) is 5.54. The van der Waals surface area contributed by atoms with Crippen LogP contribution in [0.2, 0.25) is 0 Å². The smallest absolute Gasteiger partial charge is 0.351 e. The molecule has 2 rings (SSSR count). The molecule has 0 radical (unpaired) electrons. The van der Waals surface area contributed by atoms with Gasteiger partial charge < -0.3 is 36.8 Å². The van der Waals surface area contributed by atoms with E-state index in [0.717, 1.165) is 5.56 Å². The van der Waals surface area contributed by atoms with Crippen molar-refractivity contribution in [1.29, 1.82) is 0 Å². The molecule has 14 nitrogen and oxygen atoms in total. The molecule has 0 saturated carbocycles. The number of carbonyl (C=O) groups excluding carboxylic acids is 4. The quantitative estimate of drug-likeness (QED) is 0.146. The molecular weight excluding hydrogens is 534 g/mol. The first kappa shape index (κ1) is 33.1. The molecule has 0 aliphatic carbocycles. The number of aliphatic hydroxyl groups excluding tert-OH is 1. The van der Waals surface area contributed by atoms with Crippen molar-refractivity contribution >= 4 is 29.4 Å². The van der Waals surface area contributed by atoms with Crippen LogP contribution in [0.3, 0.4) is 0 Å². The standard InChI is InChI=1S/C27H39N7O7/c1-17(2)13-20(31-26(39)21(30-23(36)15-28)14-19-7-5-4-6-8-19)25(38)29-16-24(37)32-22-9-10-34(27(40)33-22)18(3)41-12-11-35/h4-10,17-18,20-21,35H,11-16,28H2,1-3H3,(H,29,38)(H,30,36)(H,31,39)(H,32,33,37,40)/t18-,20?,21?/m1/s1. The molecule has 0 spiro atoms. The first-order chi connectivity index (χ1) is 19.5. The van der Waals surface area contributed by atoms with Gasteiger partial charge in [-0.25, -0.2) is 4.79 Å². The lowest BCUT2D eigenvalue weighted by atomic mass is 10.0. The Morgan fingerprint density at radius 2 is 1.71 bits per heavy atom. The number of hydrogen-bond donors (Lipinski definition) is 6. The number of anilines is 1. The van der Waals surface area contributed by atoms with E-state index in [0.29, 0.717) is 0 Å². The second-order valence-electron chi connectivity index (χ2n) is 9.67. The Balaban J connectivity index is 2.02. The van der Waals surface area contributed by atoms with Crippen LogP contribution in [0, 0.1) is 5.92 Å². The molecule has 41 heavy (non-hydrogen) atoms. The van der Waals surface area contributed by atoms with Crippen LogP contribution in [0.15, 0.2) is 47.4 Å². The van der Waals surface area contributed by atoms with Crippen LogP contribution in [0.5, 0.6) is 0 Å². The first-order valence-electron chi connectivity index (χ1n) is 13.3. The Morgan fingerprint density at radius 1 is 1.00 bits per heavy atom. The van der Waals surface area contributed by atoms with Gasteiger partial charge in [0.1, 0.15) is 24.1 Å². The predicted molar refractivity (Wildman–Crippen MR) is 150 cm³/mol. The Bertz CT molecular complexity index is 1220. The lowest BCUT2D eigenvalue weighted by Gasteiger charge is -2.24. The van der Waals surface area contributed by atoms with Crippen molar-refractivity contribution in [2.75, 3.05) is 31.6 Å². The predicted octanol–water partition coefficient (Wildman–Crippen LogP) is -0.957. The van der Waals surface area contributed by atoms with Crippen LogP contribution in [0.25, 0.3) is 0 Å². The first-order valence-corrected chi connectivity index (χ1v) is 13.3. The summed E-state index contributed by atoms with van der Waals surface area (Å²) in [4.78, 5) is 66.6. The van der Waals surface area contributed by atoms with Crippen molar-refractivity contribution in [2.45, 2.75) is 51.9 Å². The van der Waals surface area contributed by atoms with E-state index in [9.17, 15) is 24.0 Å². The normalized spacial score (nSPS) is 13.1. The fourth-order valence-corrected chi connectivity index (χ4v) is 3.83. The van der Waals surface area contributed by atoms with Crippen LogP contribution in [-0.4, -0.2) is 76.7 Å². The summed E-state index contributed by atoms with van der Waals surface area (Å²) in [6.45, 7) is 4.45. The maximum absolute atomic E-state index is 13.2. The third-order valence-electron chi connectivity index (χ3n) is 5.82. The minimum atomic E-state index is -0.981. The van der Waals surface area contributed by atoms with Crippen LogP contribution >= 0.6 is 0 Å². The Labute approximate surface area is 238 Å². The summed E-state index contributed by atoms with van der Waals surface area (Å²) < 4.78 is 6.46. The molecule has 14 heteroatoms. The average molecular weight is 574 g/mol. The number of aliphatic hydroxyl groups is 1. The zero-order valence-corrected chi connectivity index (χ0v) is 23.5. The largest absolute Gasteiger partial charge is 0.394 e. The average Bonchev–Trinajstić information content (AvgIpc) is 2.94. The maximum atomic E-state index is 13.2. The topological polar surface area (TPSA) is 207 Å². The minimum Gasteiger partial charge on any atom is -0.394 e. The van der Waals surface area contributed by atoms with Crippen LogP contribution in [0.1, 0.15) is 39.0 Å². The summed E-state index contributed by atoms with van der Waals surface area (Å²) in [6, 6.07) is 8.52. The molecule has 0 bridgehead atoms. The van der Waals surface area contributed by atoms with Crippen molar-refractivity contribution in [3.05, 3.63) is 58.6 Å². The van der Waals surface area contributed by atoms with Crippen LogP contribution in [0.4, 0.5) is 5.82 Å². The molecule has 0 saturated heterocycles. The molecule has 0 fully saturated rings. The van der Waals surface area contributed by atoms with E-state index in [1.165, 1.54) is 16.8 Å². The van der Waals surface area contributed by atoms with Gasteiger partial charge in [0.05, 0.1) is 26.3 Å². The lowest BCUT2D eigenvalue weighted by Crippen LogP contribution is -2.55. The highest BCUT2D eigenvalue weighted by molar-refractivity contribution is 5.96. The number of nitrogens with one attached hydrogen (secondary N) is 4. The number of ether oxygens (including phenoxy) is 1. The third-order valence-corrected chi connectivity index (χ3v) is 5.82. The van der Waals surface area contributed by atoms with Crippen molar-refractivity contribution < 1.29 is 29.0 Å². The molecule has 0 aliphatic heterocycles. The van der Waals surface area contributed by atoms with Gasteiger partial charge in [0.15, 0.2) is 0 Å². The number of nitrogens with zero attached hydrogens (tertiary/aromatic N) is 2. The van der Waals surface area contributed by atoms with E-state index in [4.69, 9.17) is 15.6 Å². The van der Waals surface area contributed by atoms with E-state index in [1.807, 2.05) is 44.2 Å². The summed E-state index contributed by atoms with van der Waals surface area (Å²) in [5, 5.41) is 19.1. The highest BCUT2D eigenvalue weighted by atomic mass is 16.5. The van der Waals surface area contributed by atoms with Gasteiger partial charge in [-0.2, -0.15) is 4.98 Å².